The zero-order chi connectivity index (χ0) is 32.8. The predicted octanol–water partition coefficient (Wildman–Crippen LogP) is 5.74. The van der Waals surface area contributed by atoms with Gasteiger partial charge in [-0.05, 0) is 60.8 Å². The molecule has 242 valence electrons. The van der Waals surface area contributed by atoms with Crippen LogP contribution in [0.5, 0.6) is 17.2 Å². The van der Waals surface area contributed by atoms with E-state index in [2.05, 4.69) is 15.5 Å². The Bertz CT molecular complexity index is 1850. The third-order valence-corrected chi connectivity index (χ3v) is 9.18. The lowest BCUT2D eigenvalue weighted by molar-refractivity contribution is -0.130. The summed E-state index contributed by atoms with van der Waals surface area (Å²) in [6.45, 7) is 2.53. The Morgan fingerprint density at radius 1 is 1.04 bits per heavy atom. The molecule has 2 amide bonds. The van der Waals surface area contributed by atoms with E-state index in [9.17, 15) is 9.59 Å². The molecule has 14 heteroatoms. The molecule has 1 N–H and O–H groups in total. The minimum Gasteiger partial charge on any atom is -0.494 e. The number of amides is 2. The first-order chi connectivity index (χ1) is 23.0. The summed E-state index contributed by atoms with van der Waals surface area (Å²) in [6, 6.07) is 19.9. The Morgan fingerprint density at radius 3 is 2.60 bits per heavy atom. The largest absolute Gasteiger partial charge is 0.494 e. The number of hydrazone groups is 1. The topological polar surface area (TPSA) is 133 Å². The van der Waals surface area contributed by atoms with Crippen LogP contribution in [0, 0.1) is 0 Å². The minimum atomic E-state index is -0.401. The van der Waals surface area contributed by atoms with E-state index in [0.29, 0.717) is 41.3 Å². The maximum absolute atomic E-state index is 14.0. The smallest absolute Gasteiger partial charge is 0.287 e. The second-order valence-corrected chi connectivity index (χ2v) is 12.1. The first-order valence-electron chi connectivity index (χ1n) is 14.8. The Kier molecular flexibility index (Phi) is 9.88. The molecule has 0 saturated heterocycles. The first kappa shape index (κ1) is 31.9. The summed E-state index contributed by atoms with van der Waals surface area (Å²) in [6.07, 6.45) is 1.95. The molecule has 0 fully saturated rings. The van der Waals surface area contributed by atoms with Crippen LogP contribution < -0.4 is 19.5 Å². The SMILES string of the molecule is CCOc1ccc(-n2c(CNC(=O)c3ccco3)nnc2SCC(=O)N2N=C(c3cccs3)C[C@H]2c2cccc(OC)c2OC)cc1. The van der Waals surface area contributed by atoms with Gasteiger partial charge in [0.05, 0.1) is 56.0 Å². The van der Waals surface area contributed by atoms with Crippen molar-refractivity contribution in [2.75, 3.05) is 26.6 Å². The van der Waals surface area contributed by atoms with Crippen molar-refractivity contribution in [3.05, 3.63) is 100 Å². The maximum atomic E-state index is 14.0. The van der Waals surface area contributed by atoms with Crippen LogP contribution in [0.2, 0.25) is 0 Å². The van der Waals surface area contributed by atoms with E-state index >= 15 is 0 Å². The van der Waals surface area contributed by atoms with Gasteiger partial charge in [0.1, 0.15) is 5.75 Å². The van der Waals surface area contributed by atoms with Gasteiger partial charge in [-0.15, -0.1) is 21.5 Å². The highest BCUT2D eigenvalue weighted by atomic mass is 32.2. The quantitative estimate of drug-likeness (QED) is 0.156. The molecule has 0 spiro atoms. The van der Waals surface area contributed by atoms with E-state index in [1.54, 1.807) is 37.7 Å². The van der Waals surface area contributed by atoms with Crippen LogP contribution in [-0.4, -0.2) is 63.9 Å². The Balaban J connectivity index is 1.27. The molecule has 2 aromatic carbocycles. The number of aromatic nitrogens is 3. The highest BCUT2D eigenvalue weighted by Gasteiger charge is 2.36. The first-order valence-corrected chi connectivity index (χ1v) is 16.6. The van der Waals surface area contributed by atoms with Crippen LogP contribution in [0.3, 0.4) is 0 Å². The molecule has 0 radical (unpaired) electrons. The van der Waals surface area contributed by atoms with Crippen molar-refractivity contribution in [1.29, 1.82) is 0 Å². The predicted molar refractivity (Wildman–Crippen MR) is 178 cm³/mol. The van der Waals surface area contributed by atoms with Crippen LogP contribution in [0.25, 0.3) is 5.69 Å². The molecule has 12 nitrogen and oxygen atoms in total. The molecule has 0 aliphatic carbocycles. The summed E-state index contributed by atoms with van der Waals surface area (Å²) in [5.41, 5.74) is 2.36. The van der Waals surface area contributed by atoms with E-state index in [0.717, 1.165) is 21.8 Å². The van der Waals surface area contributed by atoms with E-state index in [4.69, 9.17) is 23.7 Å². The highest BCUT2D eigenvalue weighted by Crippen LogP contribution is 2.42. The number of hydrogen-bond donors (Lipinski definition) is 1. The van der Waals surface area contributed by atoms with Gasteiger partial charge in [-0.1, -0.05) is 30.0 Å². The second-order valence-electron chi connectivity index (χ2n) is 10.2. The summed E-state index contributed by atoms with van der Waals surface area (Å²) in [5.74, 6) is 1.94. The van der Waals surface area contributed by atoms with Crippen LogP contribution in [0.15, 0.2) is 93.0 Å². The van der Waals surface area contributed by atoms with Crippen molar-refractivity contribution in [3.63, 3.8) is 0 Å². The van der Waals surface area contributed by atoms with Gasteiger partial charge in [0.2, 0.25) is 0 Å². The summed E-state index contributed by atoms with van der Waals surface area (Å²) < 4.78 is 23.9. The number of hydrogen-bond acceptors (Lipinski definition) is 11. The lowest BCUT2D eigenvalue weighted by atomic mass is 9.99. The van der Waals surface area contributed by atoms with Crippen LogP contribution >= 0.6 is 23.1 Å². The van der Waals surface area contributed by atoms with Gasteiger partial charge in [0.15, 0.2) is 28.2 Å². The molecule has 47 heavy (non-hydrogen) atoms. The molecule has 1 aliphatic rings. The van der Waals surface area contributed by atoms with Crippen molar-refractivity contribution >= 4 is 40.6 Å². The van der Waals surface area contributed by atoms with Gasteiger partial charge < -0.3 is 23.9 Å². The van der Waals surface area contributed by atoms with Gasteiger partial charge >= 0.3 is 0 Å². The number of para-hydroxylation sites is 1. The fourth-order valence-corrected chi connectivity index (χ4v) is 6.77. The van der Waals surface area contributed by atoms with Gasteiger partial charge in [-0.25, -0.2) is 5.01 Å². The number of ether oxygens (including phenoxy) is 3. The average Bonchev–Trinajstić information content (AvgIpc) is 3.93. The van der Waals surface area contributed by atoms with Crippen molar-refractivity contribution in [1.82, 2.24) is 25.1 Å². The Morgan fingerprint density at radius 2 is 1.89 bits per heavy atom. The number of nitrogens with zero attached hydrogens (tertiary/aromatic N) is 5. The monoisotopic (exact) mass is 672 g/mol. The fraction of sp³-hybridized carbons (Fsp3) is 0.242. The number of furan rings is 1. The van der Waals surface area contributed by atoms with E-state index in [1.165, 1.54) is 23.0 Å². The summed E-state index contributed by atoms with van der Waals surface area (Å²) in [7, 11) is 3.17. The number of nitrogens with one attached hydrogen (secondary N) is 1. The fourth-order valence-electron chi connectivity index (χ4n) is 5.22. The molecule has 5 aromatic rings. The number of carbonyl (C=O) groups excluding carboxylic acids is 2. The van der Waals surface area contributed by atoms with E-state index < -0.39 is 6.04 Å². The average molecular weight is 673 g/mol. The van der Waals surface area contributed by atoms with Crippen molar-refractivity contribution in [3.8, 4) is 22.9 Å². The lowest BCUT2D eigenvalue weighted by Gasteiger charge is -2.24. The highest BCUT2D eigenvalue weighted by molar-refractivity contribution is 7.99. The third-order valence-electron chi connectivity index (χ3n) is 7.35. The zero-order valence-corrected chi connectivity index (χ0v) is 27.5. The maximum Gasteiger partial charge on any atom is 0.287 e. The van der Waals surface area contributed by atoms with E-state index in [-0.39, 0.29) is 29.9 Å². The van der Waals surface area contributed by atoms with E-state index in [1.807, 2.05) is 71.5 Å². The standard InChI is InChI=1S/C33H32N6O6S2/c1-4-44-22-14-12-21(13-15-22)38-29(19-34-32(41)27-10-6-16-45-27)35-36-33(38)47-20-30(40)39-25(18-24(37-39)28-11-7-17-46-28)23-8-5-9-26(42-2)31(23)43-3/h5-17,25H,4,18-20H2,1-3H3,(H,34,41)/t25-/m0/s1. The van der Waals surface area contributed by atoms with Gasteiger partial charge in [0, 0.05) is 17.7 Å². The van der Waals surface area contributed by atoms with Crippen molar-refractivity contribution in [2.24, 2.45) is 5.10 Å². The molecule has 0 unspecified atom stereocenters. The summed E-state index contributed by atoms with van der Waals surface area (Å²) in [5, 5.41) is 20.4. The summed E-state index contributed by atoms with van der Waals surface area (Å²) in [4.78, 5) is 27.6. The lowest BCUT2D eigenvalue weighted by Crippen LogP contribution is -2.29. The molecule has 3 aromatic heterocycles. The number of methoxy groups -OCH3 is 2. The third kappa shape index (κ3) is 6.88. The number of carbonyl (C=O) groups is 2. The molecular formula is C33H32N6O6S2. The molecule has 6 rings (SSSR count). The second kappa shape index (κ2) is 14.6. The van der Waals surface area contributed by atoms with Gasteiger partial charge in [-0.2, -0.15) is 5.10 Å². The molecule has 0 saturated carbocycles. The van der Waals surface area contributed by atoms with Gasteiger partial charge in [-0.3, -0.25) is 14.2 Å². The molecular weight excluding hydrogens is 641 g/mol. The molecule has 0 bridgehead atoms. The van der Waals surface area contributed by atoms with Crippen molar-refractivity contribution < 1.29 is 28.2 Å². The molecule has 1 aliphatic heterocycles. The number of thioether (sulfide) groups is 1. The molecule has 4 heterocycles. The van der Waals surface area contributed by atoms with Crippen molar-refractivity contribution in [2.45, 2.75) is 31.1 Å². The summed E-state index contributed by atoms with van der Waals surface area (Å²) >= 11 is 2.81. The number of benzene rings is 2. The number of thiophene rings is 1. The van der Waals surface area contributed by atoms with Crippen LogP contribution in [-0.2, 0) is 11.3 Å². The Hall–Kier alpha value is -5.08. The van der Waals surface area contributed by atoms with Crippen LogP contribution in [0.4, 0.5) is 0 Å². The minimum absolute atomic E-state index is 0.0257. The zero-order valence-electron chi connectivity index (χ0n) is 25.9. The molecule has 1 atom stereocenters. The van der Waals surface area contributed by atoms with Crippen LogP contribution in [0.1, 0.15) is 46.2 Å². The van der Waals surface area contributed by atoms with Gasteiger partial charge in [0.25, 0.3) is 11.8 Å². The number of rotatable bonds is 13. The normalized spacial score (nSPS) is 14.1. The Labute approximate surface area is 279 Å².